The Labute approximate surface area is 144 Å². The summed E-state index contributed by atoms with van der Waals surface area (Å²) in [5.74, 6) is 0.268. The molecule has 0 spiro atoms. The Morgan fingerprint density at radius 3 is 2.46 bits per heavy atom. The average molecular weight is 329 g/mol. The molecule has 0 bridgehead atoms. The normalized spacial score (nSPS) is 13.9. The predicted octanol–water partition coefficient (Wildman–Crippen LogP) is 3.14. The minimum Gasteiger partial charge on any atom is -0.508 e. The molecule has 0 aliphatic heterocycles. The zero-order valence-electron chi connectivity index (χ0n) is 14.6. The smallest absolute Gasteiger partial charge is 0.115 e. The van der Waals surface area contributed by atoms with Crippen LogP contribution in [-0.4, -0.2) is 41.9 Å². The SMILES string of the molecule is COCc1ccc(O)cc1CCN(C)[C@@H](C)[C@H](O)c1ccccc1. The maximum Gasteiger partial charge on any atom is 0.115 e. The van der Waals surface area contributed by atoms with Crippen molar-refractivity contribution in [2.24, 2.45) is 0 Å². The predicted molar refractivity (Wildman–Crippen MR) is 96.0 cm³/mol. The van der Waals surface area contributed by atoms with Crippen molar-refractivity contribution < 1.29 is 14.9 Å². The Hall–Kier alpha value is -1.88. The van der Waals surface area contributed by atoms with E-state index in [1.807, 2.05) is 50.4 Å². The van der Waals surface area contributed by atoms with Crippen LogP contribution in [0.5, 0.6) is 5.75 Å². The van der Waals surface area contributed by atoms with Crippen LogP contribution in [-0.2, 0) is 17.8 Å². The van der Waals surface area contributed by atoms with Gasteiger partial charge in [-0.25, -0.2) is 0 Å². The Bertz CT molecular complexity index is 630. The van der Waals surface area contributed by atoms with Crippen molar-refractivity contribution in [3.63, 3.8) is 0 Å². The molecule has 24 heavy (non-hydrogen) atoms. The van der Waals surface area contributed by atoms with Crippen LogP contribution in [0, 0.1) is 0 Å². The Balaban J connectivity index is 2.00. The minimum atomic E-state index is -0.529. The molecule has 0 radical (unpaired) electrons. The van der Waals surface area contributed by atoms with Gasteiger partial charge in [-0.05, 0) is 49.2 Å². The average Bonchev–Trinajstić information content (AvgIpc) is 2.61. The molecule has 2 aromatic carbocycles. The van der Waals surface area contributed by atoms with E-state index in [4.69, 9.17) is 4.74 Å². The molecule has 2 rings (SSSR count). The van der Waals surface area contributed by atoms with Gasteiger partial charge in [-0.2, -0.15) is 0 Å². The van der Waals surface area contributed by atoms with Gasteiger partial charge in [-0.3, -0.25) is 0 Å². The first-order valence-electron chi connectivity index (χ1n) is 8.26. The van der Waals surface area contributed by atoms with Crippen LogP contribution in [0.1, 0.15) is 29.7 Å². The highest BCUT2D eigenvalue weighted by Crippen LogP contribution is 2.22. The summed E-state index contributed by atoms with van der Waals surface area (Å²) in [5, 5.41) is 20.3. The van der Waals surface area contributed by atoms with Crippen LogP contribution in [0.4, 0.5) is 0 Å². The Morgan fingerprint density at radius 2 is 1.79 bits per heavy atom. The third-order valence-corrected chi connectivity index (χ3v) is 4.52. The number of aliphatic hydroxyl groups excluding tert-OH is 1. The number of phenols is 1. The first kappa shape index (κ1) is 18.5. The van der Waals surface area contributed by atoms with E-state index in [1.54, 1.807) is 19.2 Å². The van der Waals surface area contributed by atoms with E-state index in [0.29, 0.717) is 6.61 Å². The van der Waals surface area contributed by atoms with Gasteiger partial charge in [-0.1, -0.05) is 36.4 Å². The van der Waals surface area contributed by atoms with Crippen LogP contribution in [0.2, 0.25) is 0 Å². The fraction of sp³-hybridized carbons (Fsp3) is 0.400. The van der Waals surface area contributed by atoms with E-state index in [1.165, 1.54) is 0 Å². The number of aromatic hydroxyl groups is 1. The zero-order chi connectivity index (χ0) is 17.5. The van der Waals surface area contributed by atoms with Gasteiger partial charge in [0, 0.05) is 19.7 Å². The van der Waals surface area contributed by atoms with E-state index in [9.17, 15) is 10.2 Å². The maximum atomic E-state index is 10.5. The quantitative estimate of drug-likeness (QED) is 0.781. The van der Waals surface area contributed by atoms with E-state index in [-0.39, 0.29) is 11.8 Å². The fourth-order valence-electron chi connectivity index (χ4n) is 2.81. The van der Waals surface area contributed by atoms with Crippen LogP contribution in [0.3, 0.4) is 0 Å². The lowest BCUT2D eigenvalue weighted by Gasteiger charge is -2.29. The summed E-state index contributed by atoms with van der Waals surface area (Å²) in [6.45, 7) is 3.34. The van der Waals surface area contributed by atoms with Gasteiger partial charge in [0.1, 0.15) is 5.75 Å². The molecule has 0 amide bonds. The Kier molecular flexibility index (Phi) is 6.79. The molecule has 0 fully saturated rings. The van der Waals surface area contributed by atoms with Crippen molar-refractivity contribution in [2.45, 2.75) is 32.1 Å². The van der Waals surface area contributed by atoms with Gasteiger partial charge in [-0.15, -0.1) is 0 Å². The molecule has 2 N–H and O–H groups in total. The summed E-state index contributed by atoms with van der Waals surface area (Å²) in [6.07, 6.45) is 0.258. The highest BCUT2D eigenvalue weighted by Gasteiger charge is 2.20. The van der Waals surface area contributed by atoms with Gasteiger partial charge in [0.15, 0.2) is 0 Å². The summed E-state index contributed by atoms with van der Waals surface area (Å²) < 4.78 is 5.22. The van der Waals surface area contributed by atoms with Gasteiger partial charge in [0.2, 0.25) is 0 Å². The topological polar surface area (TPSA) is 52.9 Å². The third-order valence-electron chi connectivity index (χ3n) is 4.52. The molecule has 0 saturated heterocycles. The van der Waals surface area contributed by atoms with Gasteiger partial charge in [0.05, 0.1) is 12.7 Å². The summed E-state index contributed by atoms with van der Waals surface area (Å²) in [4.78, 5) is 2.14. The molecule has 0 aliphatic rings. The van der Waals surface area contributed by atoms with E-state index < -0.39 is 6.10 Å². The molecule has 4 nitrogen and oxygen atoms in total. The lowest BCUT2D eigenvalue weighted by atomic mass is 10.0. The highest BCUT2D eigenvalue weighted by molar-refractivity contribution is 5.34. The molecule has 2 atom stereocenters. The number of phenolic OH excluding ortho intramolecular Hbond substituents is 1. The van der Waals surface area contributed by atoms with Gasteiger partial charge < -0.3 is 19.8 Å². The second-order valence-corrected chi connectivity index (χ2v) is 6.21. The van der Waals surface area contributed by atoms with Crippen LogP contribution in [0.15, 0.2) is 48.5 Å². The van der Waals surface area contributed by atoms with E-state index in [0.717, 1.165) is 29.7 Å². The van der Waals surface area contributed by atoms with Crippen molar-refractivity contribution >= 4 is 0 Å². The van der Waals surface area contributed by atoms with Crippen LogP contribution in [0.25, 0.3) is 0 Å². The second kappa shape index (κ2) is 8.83. The van der Waals surface area contributed by atoms with E-state index >= 15 is 0 Å². The van der Waals surface area contributed by atoms with Crippen LogP contribution < -0.4 is 0 Å². The standard InChI is InChI=1S/C20H27NO3/c1-15(20(23)16-7-5-4-6-8-16)21(2)12-11-17-13-19(22)10-9-18(17)14-24-3/h4-10,13,15,20,22-23H,11-12,14H2,1-3H3/t15-,20-/m0/s1. The molecule has 0 aliphatic carbocycles. The number of hydrogen-bond acceptors (Lipinski definition) is 4. The largest absolute Gasteiger partial charge is 0.508 e. The number of aliphatic hydroxyl groups is 1. The third kappa shape index (κ3) is 4.81. The first-order valence-corrected chi connectivity index (χ1v) is 8.26. The minimum absolute atomic E-state index is 0.00409. The molecular weight excluding hydrogens is 302 g/mol. The van der Waals surface area contributed by atoms with Crippen molar-refractivity contribution in [3.8, 4) is 5.75 Å². The lowest BCUT2D eigenvalue weighted by Crippen LogP contribution is -2.35. The highest BCUT2D eigenvalue weighted by atomic mass is 16.5. The molecule has 0 unspecified atom stereocenters. The molecule has 4 heteroatoms. The number of nitrogens with zero attached hydrogens (tertiary/aromatic N) is 1. The van der Waals surface area contributed by atoms with Crippen molar-refractivity contribution in [1.82, 2.24) is 4.90 Å². The fourth-order valence-corrected chi connectivity index (χ4v) is 2.81. The summed E-state index contributed by atoms with van der Waals surface area (Å²) >= 11 is 0. The Morgan fingerprint density at radius 1 is 1.08 bits per heavy atom. The molecule has 0 heterocycles. The summed E-state index contributed by atoms with van der Waals surface area (Å²) in [7, 11) is 3.68. The number of ether oxygens (including phenoxy) is 1. The molecule has 0 saturated carbocycles. The van der Waals surface area contributed by atoms with E-state index in [2.05, 4.69) is 4.90 Å². The van der Waals surface area contributed by atoms with Crippen LogP contribution >= 0.6 is 0 Å². The monoisotopic (exact) mass is 329 g/mol. The number of hydrogen-bond donors (Lipinski definition) is 2. The van der Waals surface area contributed by atoms with Crippen molar-refractivity contribution in [3.05, 3.63) is 65.2 Å². The molecule has 2 aromatic rings. The maximum absolute atomic E-state index is 10.5. The van der Waals surface area contributed by atoms with Crippen molar-refractivity contribution in [1.29, 1.82) is 0 Å². The number of benzene rings is 2. The molecule has 0 aromatic heterocycles. The molecular formula is C20H27NO3. The second-order valence-electron chi connectivity index (χ2n) is 6.21. The summed E-state index contributed by atoms with van der Waals surface area (Å²) in [5.41, 5.74) is 3.08. The number of methoxy groups -OCH3 is 1. The lowest BCUT2D eigenvalue weighted by molar-refractivity contribution is 0.0731. The first-order chi connectivity index (χ1) is 11.5. The van der Waals surface area contributed by atoms with Crippen molar-refractivity contribution in [2.75, 3.05) is 20.7 Å². The molecule has 130 valence electrons. The number of rotatable bonds is 8. The zero-order valence-corrected chi connectivity index (χ0v) is 14.6. The van der Waals surface area contributed by atoms with Gasteiger partial charge >= 0.3 is 0 Å². The summed E-state index contributed by atoms with van der Waals surface area (Å²) in [6, 6.07) is 15.1. The number of likely N-dealkylation sites (N-methyl/N-ethyl adjacent to an activating group) is 1. The van der Waals surface area contributed by atoms with Gasteiger partial charge in [0.25, 0.3) is 0 Å².